The van der Waals surface area contributed by atoms with E-state index in [0.717, 1.165) is 5.56 Å². The molecule has 2 heterocycles. The van der Waals surface area contributed by atoms with Gasteiger partial charge in [-0.05, 0) is 25.0 Å². The van der Waals surface area contributed by atoms with Crippen LogP contribution in [0.15, 0.2) is 47.9 Å². The molecule has 1 atom stereocenters. The number of rotatable bonds is 3. The Bertz CT molecular complexity index is 848. The Morgan fingerprint density at radius 1 is 1.37 bits per heavy atom. The monoisotopic (exact) mass is 371 g/mol. The Kier molecular flexibility index (Phi) is 5.02. The van der Waals surface area contributed by atoms with Crippen LogP contribution < -0.4 is 26.6 Å². The molecule has 0 saturated carbocycles. The summed E-state index contributed by atoms with van der Waals surface area (Å²) >= 11 is 0. The fourth-order valence-electron chi connectivity index (χ4n) is 3.08. The highest BCUT2D eigenvalue weighted by Crippen LogP contribution is 2.34. The van der Waals surface area contributed by atoms with Crippen molar-refractivity contribution in [3.8, 4) is 0 Å². The van der Waals surface area contributed by atoms with Crippen LogP contribution in [-0.2, 0) is 9.53 Å². The molecular weight excluding hydrogens is 350 g/mol. The second kappa shape index (κ2) is 7.40. The third kappa shape index (κ3) is 3.57. The summed E-state index contributed by atoms with van der Waals surface area (Å²) in [6, 6.07) is 6.35. The summed E-state index contributed by atoms with van der Waals surface area (Å²) in [6.45, 7) is 6.03. The molecule has 142 valence electrons. The van der Waals surface area contributed by atoms with Crippen molar-refractivity contribution in [3.05, 3.63) is 53.5 Å². The predicted octanol–water partition coefficient (Wildman–Crippen LogP) is 1.21. The van der Waals surface area contributed by atoms with Gasteiger partial charge in [-0.3, -0.25) is 9.69 Å². The van der Waals surface area contributed by atoms with Crippen molar-refractivity contribution in [1.82, 2.24) is 16.0 Å². The molecule has 27 heavy (non-hydrogen) atoms. The zero-order valence-electron chi connectivity index (χ0n) is 14.9. The molecule has 1 aromatic carbocycles. The van der Waals surface area contributed by atoms with Gasteiger partial charge in [0.25, 0.3) is 5.91 Å². The van der Waals surface area contributed by atoms with Gasteiger partial charge in [-0.15, -0.1) is 0 Å². The van der Waals surface area contributed by atoms with Crippen molar-refractivity contribution >= 4 is 23.7 Å². The molecule has 0 fully saturated rings. The van der Waals surface area contributed by atoms with Crippen LogP contribution in [0.3, 0.4) is 0 Å². The molecule has 0 radical (unpaired) electrons. The van der Waals surface area contributed by atoms with E-state index >= 15 is 0 Å². The molecule has 1 aromatic rings. The lowest BCUT2D eigenvalue weighted by atomic mass is 9.96. The average Bonchev–Trinajstić information content (AvgIpc) is 2.65. The second-order valence-corrected chi connectivity index (χ2v) is 6.07. The van der Waals surface area contributed by atoms with Gasteiger partial charge in [0.15, 0.2) is 0 Å². The Labute approximate surface area is 156 Å². The molecule has 9 nitrogen and oxygen atoms in total. The van der Waals surface area contributed by atoms with E-state index in [4.69, 9.17) is 10.5 Å². The van der Waals surface area contributed by atoms with E-state index in [-0.39, 0.29) is 29.7 Å². The quantitative estimate of drug-likeness (QED) is 0.635. The van der Waals surface area contributed by atoms with Gasteiger partial charge in [-0.1, -0.05) is 24.8 Å². The number of hydrogen-bond donors (Lipinski definition) is 4. The van der Waals surface area contributed by atoms with E-state index in [1.165, 1.54) is 0 Å². The molecule has 0 aromatic heterocycles. The van der Waals surface area contributed by atoms with E-state index in [1.807, 2.05) is 18.2 Å². The normalized spacial score (nSPS) is 19.0. The molecule has 5 N–H and O–H groups in total. The number of para-hydroxylation sites is 1. The van der Waals surface area contributed by atoms with Crippen molar-refractivity contribution in [2.24, 2.45) is 5.73 Å². The lowest BCUT2D eigenvalue weighted by Gasteiger charge is -2.34. The van der Waals surface area contributed by atoms with Gasteiger partial charge in [0.05, 0.1) is 29.7 Å². The van der Waals surface area contributed by atoms with Crippen molar-refractivity contribution < 1.29 is 19.1 Å². The molecule has 0 aliphatic carbocycles. The molecular formula is C18H21N5O4. The van der Waals surface area contributed by atoms with Crippen LogP contribution in [0.1, 0.15) is 24.9 Å². The smallest absolute Gasteiger partial charge is 0.414 e. The van der Waals surface area contributed by atoms with E-state index < -0.39 is 18.0 Å². The first-order chi connectivity index (χ1) is 12.9. The SMILES string of the molecule is C=C1NC(=O)NC(C(=O)NC2CCN(C(=O)OCC)c3ccccc32)=C1N. The van der Waals surface area contributed by atoms with Crippen molar-refractivity contribution in [1.29, 1.82) is 0 Å². The van der Waals surface area contributed by atoms with Gasteiger partial charge in [0.1, 0.15) is 5.70 Å². The first kappa shape index (κ1) is 18.3. The first-order valence-corrected chi connectivity index (χ1v) is 8.53. The molecule has 0 bridgehead atoms. The highest BCUT2D eigenvalue weighted by molar-refractivity contribution is 6.00. The fraction of sp³-hybridized carbons (Fsp3) is 0.278. The molecule has 2 aliphatic rings. The molecule has 3 rings (SSSR count). The largest absolute Gasteiger partial charge is 0.449 e. The standard InChI is InChI=1S/C18H21N5O4/c1-3-27-18(26)23-9-8-12(11-6-4-5-7-13(11)23)21-16(24)15-14(19)10(2)20-17(25)22-15/h4-7,12H,2-3,8-9,19H2,1H3,(H,21,24)(H2,20,22,25). The van der Waals surface area contributed by atoms with Gasteiger partial charge in [0, 0.05) is 6.54 Å². The Morgan fingerprint density at radius 3 is 2.85 bits per heavy atom. The third-order valence-corrected chi connectivity index (χ3v) is 4.36. The minimum absolute atomic E-state index is 0.0472. The number of carbonyl (C=O) groups is 3. The van der Waals surface area contributed by atoms with Gasteiger partial charge in [-0.25, -0.2) is 9.59 Å². The number of anilines is 1. The number of carbonyl (C=O) groups excluding carboxylic acids is 3. The van der Waals surface area contributed by atoms with Crippen LogP contribution in [-0.4, -0.2) is 31.2 Å². The third-order valence-electron chi connectivity index (χ3n) is 4.36. The minimum Gasteiger partial charge on any atom is -0.449 e. The molecule has 9 heteroatoms. The number of hydrogen-bond acceptors (Lipinski definition) is 5. The Balaban J connectivity index is 1.84. The first-order valence-electron chi connectivity index (χ1n) is 8.53. The number of urea groups is 1. The summed E-state index contributed by atoms with van der Waals surface area (Å²) in [7, 11) is 0. The number of nitrogens with zero attached hydrogens (tertiary/aromatic N) is 1. The summed E-state index contributed by atoms with van der Waals surface area (Å²) in [5.41, 5.74) is 7.50. The van der Waals surface area contributed by atoms with Crippen LogP contribution in [0, 0.1) is 0 Å². The summed E-state index contributed by atoms with van der Waals surface area (Å²) in [5.74, 6) is -0.520. The molecule has 2 aliphatic heterocycles. The summed E-state index contributed by atoms with van der Waals surface area (Å²) in [6.07, 6.45) is 0.0608. The lowest BCUT2D eigenvalue weighted by Crippen LogP contribution is -2.48. The molecule has 1 unspecified atom stereocenters. The van der Waals surface area contributed by atoms with E-state index in [2.05, 4.69) is 22.5 Å². The fourth-order valence-corrected chi connectivity index (χ4v) is 3.08. The minimum atomic E-state index is -0.572. The van der Waals surface area contributed by atoms with Gasteiger partial charge >= 0.3 is 12.1 Å². The number of ether oxygens (including phenoxy) is 1. The van der Waals surface area contributed by atoms with Crippen LogP contribution in [0.5, 0.6) is 0 Å². The van der Waals surface area contributed by atoms with Crippen LogP contribution in [0.4, 0.5) is 15.3 Å². The average molecular weight is 371 g/mol. The topological polar surface area (TPSA) is 126 Å². The number of fused-ring (bicyclic) bond motifs is 1. The molecule has 0 saturated heterocycles. The maximum Gasteiger partial charge on any atom is 0.414 e. The van der Waals surface area contributed by atoms with Crippen LogP contribution in [0.25, 0.3) is 0 Å². The van der Waals surface area contributed by atoms with Crippen LogP contribution >= 0.6 is 0 Å². The second-order valence-electron chi connectivity index (χ2n) is 6.07. The summed E-state index contributed by atoms with van der Waals surface area (Å²) in [5, 5.41) is 7.67. The van der Waals surface area contributed by atoms with Crippen molar-refractivity contribution in [3.63, 3.8) is 0 Å². The molecule has 4 amide bonds. The maximum atomic E-state index is 12.7. The lowest BCUT2D eigenvalue weighted by molar-refractivity contribution is -0.118. The van der Waals surface area contributed by atoms with E-state index in [1.54, 1.807) is 17.9 Å². The summed E-state index contributed by atoms with van der Waals surface area (Å²) in [4.78, 5) is 38.0. The number of nitrogens with one attached hydrogen (secondary N) is 3. The van der Waals surface area contributed by atoms with Crippen molar-refractivity contribution in [2.45, 2.75) is 19.4 Å². The predicted molar refractivity (Wildman–Crippen MR) is 98.3 cm³/mol. The highest BCUT2D eigenvalue weighted by atomic mass is 16.6. The number of amides is 4. The molecule has 0 spiro atoms. The van der Waals surface area contributed by atoms with Gasteiger partial charge in [-0.2, -0.15) is 0 Å². The van der Waals surface area contributed by atoms with Crippen LogP contribution in [0.2, 0.25) is 0 Å². The number of benzene rings is 1. The van der Waals surface area contributed by atoms with Crippen molar-refractivity contribution in [2.75, 3.05) is 18.1 Å². The Hall–Kier alpha value is -3.49. The van der Waals surface area contributed by atoms with E-state index in [0.29, 0.717) is 18.7 Å². The Morgan fingerprint density at radius 2 is 2.11 bits per heavy atom. The highest BCUT2D eigenvalue weighted by Gasteiger charge is 2.32. The maximum absolute atomic E-state index is 12.7. The van der Waals surface area contributed by atoms with Gasteiger partial charge < -0.3 is 26.4 Å². The zero-order valence-corrected chi connectivity index (χ0v) is 14.9. The van der Waals surface area contributed by atoms with E-state index in [9.17, 15) is 14.4 Å². The summed E-state index contributed by atoms with van der Waals surface area (Å²) < 4.78 is 5.10. The number of nitrogens with two attached hydrogens (primary N) is 1. The zero-order chi connectivity index (χ0) is 19.6. The van der Waals surface area contributed by atoms with Gasteiger partial charge in [0.2, 0.25) is 0 Å².